The first-order valence-corrected chi connectivity index (χ1v) is 8.75. The molecule has 2 fully saturated rings. The SMILES string of the molecule is Cn1c(SCC(=O)N2CCCC2)nnc1C1CCNCC1. The summed E-state index contributed by atoms with van der Waals surface area (Å²) in [4.78, 5) is 14.0. The number of hydrogen-bond acceptors (Lipinski definition) is 5. The molecule has 0 unspecified atom stereocenters. The average molecular weight is 309 g/mol. The van der Waals surface area contributed by atoms with Gasteiger partial charge in [0.05, 0.1) is 5.75 Å². The number of thioether (sulfide) groups is 1. The highest BCUT2D eigenvalue weighted by Crippen LogP contribution is 2.26. The van der Waals surface area contributed by atoms with E-state index in [4.69, 9.17) is 0 Å². The molecule has 1 aromatic rings. The largest absolute Gasteiger partial charge is 0.342 e. The Balaban J connectivity index is 1.58. The van der Waals surface area contributed by atoms with Gasteiger partial charge in [-0.25, -0.2) is 0 Å². The molecule has 1 N–H and O–H groups in total. The highest BCUT2D eigenvalue weighted by Gasteiger charge is 2.23. The van der Waals surface area contributed by atoms with Gasteiger partial charge in [-0.2, -0.15) is 0 Å². The quantitative estimate of drug-likeness (QED) is 0.841. The number of carbonyl (C=O) groups excluding carboxylic acids is 1. The van der Waals surface area contributed by atoms with Crippen molar-refractivity contribution in [3.63, 3.8) is 0 Å². The Morgan fingerprint density at radius 2 is 2.00 bits per heavy atom. The lowest BCUT2D eigenvalue weighted by Crippen LogP contribution is -2.29. The van der Waals surface area contributed by atoms with E-state index in [1.165, 1.54) is 11.8 Å². The predicted molar refractivity (Wildman–Crippen MR) is 82.4 cm³/mol. The van der Waals surface area contributed by atoms with E-state index in [0.717, 1.165) is 62.8 Å². The van der Waals surface area contributed by atoms with Crippen LogP contribution in [0.1, 0.15) is 37.4 Å². The van der Waals surface area contributed by atoms with Gasteiger partial charge >= 0.3 is 0 Å². The summed E-state index contributed by atoms with van der Waals surface area (Å²) in [6, 6.07) is 0. The average Bonchev–Trinajstić information content (AvgIpc) is 3.16. The molecule has 7 heteroatoms. The van der Waals surface area contributed by atoms with Gasteiger partial charge in [0.25, 0.3) is 0 Å². The van der Waals surface area contributed by atoms with E-state index in [0.29, 0.717) is 11.7 Å². The monoisotopic (exact) mass is 309 g/mol. The zero-order valence-corrected chi connectivity index (χ0v) is 13.4. The Bertz CT molecular complexity index is 492. The normalized spacial score (nSPS) is 20.1. The number of carbonyl (C=O) groups is 1. The molecular weight excluding hydrogens is 286 g/mol. The predicted octanol–water partition coefficient (Wildman–Crippen LogP) is 0.997. The van der Waals surface area contributed by atoms with Crippen molar-refractivity contribution in [2.45, 2.75) is 36.8 Å². The van der Waals surface area contributed by atoms with Gasteiger partial charge in [-0.3, -0.25) is 4.79 Å². The maximum absolute atomic E-state index is 12.1. The van der Waals surface area contributed by atoms with E-state index in [9.17, 15) is 4.79 Å². The molecule has 0 bridgehead atoms. The minimum atomic E-state index is 0.226. The molecule has 0 atom stereocenters. The molecule has 21 heavy (non-hydrogen) atoms. The Morgan fingerprint density at radius 3 is 2.71 bits per heavy atom. The van der Waals surface area contributed by atoms with Crippen LogP contribution in [-0.4, -0.2) is 57.5 Å². The molecule has 3 rings (SSSR count). The maximum atomic E-state index is 12.1. The smallest absolute Gasteiger partial charge is 0.233 e. The van der Waals surface area contributed by atoms with Gasteiger partial charge in [-0.15, -0.1) is 10.2 Å². The van der Waals surface area contributed by atoms with Crippen molar-refractivity contribution in [3.05, 3.63) is 5.82 Å². The fourth-order valence-corrected chi connectivity index (χ4v) is 3.89. The Labute approximate surface area is 129 Å². The van der Waals surface area contributed by atoms with Crippen LogP contribution in [-0.2, 0) is 11.8 Å². The van der Waals surface area contributed by atoms with Gasteiger partial charge in [0.15, 0.2) is 5.16 Å². The van der Waals surface area contributed by atoms with E-state index in [-0.39, 0.29) is 5.91 Å². The second-order valence-electron chi connectivity index (χ2n) is 5.80. The number of likely N-dealkylation sites (tertiary alicyclic amines) is 1. The summed E-state index contributed by atoms with van der Waals surface area (Å²) in [5.41, 5.74) is 0. The molecule has 6 nitrogen and oxygen atoms in total. The van der Waals surface area contributed by atoms with Crippen LogP contribution in [0.3, 0.4) is 0 Å². The Hall–Kier alpha value is -1.08. The molecule has 2 saturated heterocycles. The van der Waals surface area contributed by atoms with Crippen molar-refractivity contribution in [1.82, 2.24) is 25.0 Å². The van der Waals surface area contributed by atoms with Gasteiger partial charge in [-0.05, 0) is 38.8 Å². The molecule has 0 aliphatic carbocycles. The van der Waals surface area contributed by atoms with Gasteiger partial charge in [-0.1, -0.05) is 11.8 Å². The molecule has 3 heterocycles. The van der Waals surface area contributed by atoms with E-state index < -0.39 is 0 Å². The maximum Gasteiger partial charge on any atom is 0.233 e. The zero-order chi connectivity index (χ0) is 14.7. The summed E-state index contributed by atoms with van der Waals surface area (Å²) >= 11 is 1.51. The molecule has 0 saturated carbocycles. The molecule has 0 spiro atoms. The van der Waals surface area contributed by atoms with Crippen molar-refractivity contribution in [1.29, 1.82) is 0 Å². The van der Waals surface area contributed by atoms with Crippen molar-refractivity contribution in [3.8, 4) is 0 Å². The highest BCUT2D eigenvalue weighted by molar-refractivity contribution is 7.99. The summed E-state index contributed by atoms with van der Waals surface area (Å²) < 4.78 is 2.07. The molecule has 1 aromatic heterocycles. The highest BCUT2D eigenvalue weighted by atomic mass is 32.2. The minimum absolute atomic E-state index is 0.226. The number of nitrogens with one attached hydrogen (secondary N) is 1. The first-order valence-electron chi connectivity index (χ1n) is 7.76. The van der Waals surface area contributed by atoms with E-state index >= 15 is 0 Å². The second kappa shape index (κ2) is 6.79. The fraction of sp³-hybridized carbons (Fsp3) is 0.786. The number of nitrogens with zero attached hydrogens (tertiary/aromatic N) is 4. The van der Waals surface area contributed by atoms with Crippen LogP contribution < -0.4 is 5.32 Å². The van der Waals surface area contributed by atoms with Crippen LogP contribution in [0.5, 0.6) is 0 Å². The number of hydrogen-bond donors (Lipinski definition) is 1. The topological polar surface area (TPSA) is 63.1 Å². The molecule has 1 amide bonds. The lowest BCUT2D eigenvalue weighted by Gasteiger charge is -2.21. The summed E-state index contributed by atoms with van der Waals surface area (Å²) in [5.74, 6) is 2.25. The van der Waals surface area contributed by atoms with Crippen LogP contribution >= 0.6 is 11.8 Å². The number of piperidine rings is 1. The standard InChI is InChI=1S/C14H23N5OS/c1-18-13(11-4-6-15-7-5-11)16-17-14(18)21-10-12(20)19-8-2-3-9-19/h11,15H,2-10H2,1H3. The fourth-order valence-electron chi connectivity index (χ4n) is 3.07. The van der Waals surface area contributed by atoms with E-state index in [2.05, 4.69) is 20.1 Å². The van der Waals surface area contributed by atoms with E-state index in [1.54, 1.807) is 0 Å². The molecule has 0 radical (unpaired) electrons. The van der Waals surface area contributed by atoms with Crippen LogP contribution in [0.15, 0.2) is 5.16 Å². The minimum Gasteiger partial charge on any atom is -0.342 e. The van der Waals surface area contributed by atoms with Crippen molar-refractivity contribution < 1.29 is 4.79 Å². The lowest BCUT2D eigenvalue weighted by molar-refractivity contribution is -0.127. The number of aromatic nitrogens is 3. The van der Waals surface area contributed by atoms with Crippen LogP contribution in [0, 0.1) is 0 Å². The van der Waals surface area contributed by atoms with Crippen LogP contribution in [0.2, 0.25) is 0 Å². The molecule has 2 aliphatic heterocycles. The first-order chi connectivity index (χ1) is 10.3. The van der Waals surface area contributed by atoms with Crippen LogP contribution in [0.4, 0.5) is 0 Å². The number of rotatable bonds is 4. The molecular formula is C14H23N5OS. The van der Waals surface area contributed by atoms with Gasteiger partial charge in [0, 0.05) is 26.1 Å². The van der Waals surface area contributed by atoms with Crippen LogP contribution in [0.25, 0.3) is 0 Å². The summed E-state index contributed by atoms with van der Waals surface area (Å²) in [6.45, 7) is 3.93. The molecule has 2 aliphatic rings. The number of amides is 1. The van der Waals surface area contributed by atoms with Crippen molar-refractivity contribution in [2.75, 3.05) is 31.9 Å². The summed E-state index contributed by atoms with van der Waals surface area (Å²) in [5, 5.41) is 12.9. The third kappa shape index (κ3) is 3.40. The van der Waals surface area contributed by atoms with Gasteiger partial charge < -0.3 is 14.8 Å². The zero-order valence-electron chi connectivity index (χ0n) is 12.5. The Kier molecular flexibility index (Phi) is 4.80. The third-order valence-electron chi connectivity index (χ3n) is 4.36. The molecule has 116 valence electrons. The third-order valence-corrected chi connectivity index (χ3v) is 5.36. The van der Waals surface area contributed by atoms with Gasteiger partial charge in [0.2, 0.25) is 5.91 Å². The van der Waals surface area contributed by atoms with Crippen molar-refractivity contribution in [2.24, 2.45) is 7.05 Å². The lowest BCUT2D eigenvalue weighted by atomic mass is 9.97. The summed E-state index contributed by atoms with van der Waals surface area (Å²) in [7, 11) is 2.01. The van der Waals surface area contributed by atoms with Crippen molar-refractivity contribution >= 4 is 17.7 Å². The van der Waals surface area contributed by atoms with E-state index in [1.807, 2.05) is 11.9 Å². The second-order valence-corrected chi connectivity index (χ2v) is 6.74. The van der Waals surface area contributed by atoms with Gasteiger partial charge in [0.1, 0.15) is 5.82 Å². The first kappa shape index (κ1) is 14.8. The Morgan fingerprint density at radius 1 is 1.29 bits per heavy atom. The molecule has 0 aromatic carbocycles. The summed E-state index contributed by atoms with van der Waals surface area (Å²) in [6.07, 6.45) is 4.51.